The zero-order valence-electron chi connectivity index (χ0n) is 23.8. The van der Waals surface area contributed by atoms with E-state index < -0.39 is 6.10 Å². The van der Waals surface area contributed by atoms with Crippen molar-refractivity contribution in [1.29, 1.82) is 0 Å². The highest BCUT2D eigenvalue weighted by Gasteiger charge is 2.16. The van der Waals surface area contributed by atoms with Crippen LogP contribution in [0.2, 0.25) is 0 Å². The molecule has 0 aliphatic carbocycles. The molecule has 0 fully saturated rings. The molecule has 0 bridgehead atoms. The van der Waals surface area contributed by atoms with Gasteiger partial charge in [0.2, 0.25) is 0 Å². The number of hydrogen-bond acceptors (Lipinski definition) is 5. The SMILES string of the molecule is CCCCCCCC/C=C\CCCCCCCC(=O)OC[C@H](CO)OC(=O)CCCCCCCCC. The van der Waals surface area contributed by atoms with Gasteiger partial charge in [-0.3, -0.25) is 9.59 Å². The number of allylic oxidation sites excluding steroid dienone is 2. The highest BCUT2D eigenvalue weighted by atomic mass is 16.6. The number of rotatable bonds is 27. The Bertz CT molecular complexity index is 517. The van der Waals surface area contributed by atoms with Crippen LogP contribution in [0.4, 0.5) is 0 Å². The van der Waals surface area contributed by atoms with Gasteiger partial charge in [-0.2, -0.15) is 0 Å². The Labute approximate surface area is 222 Å². The summed E-state index contributed by atoms with van der Waals surface area (Å²) in [6.45, 7) is 4.06. The second-order valence-electron chi connectivity index (χ2n) is 10.2. The number of ether oxygens (including phenoxy) is 2. The van der Waals surface area contributed by atoms with E-state index in [-0.39, 0.29) is 25.2 Å². The van der Waals surface area contributed by atoms with Crippen LogP contribution < -0.4 is 0 Å². The number of hydrogen-bond donors (Lipinski definition) is 1. The van der Waals surface area contributed by atoms with Gasteiger partial charge in [-0.25, -0.2) is 0 Å². The Kier molecular flexibility index (Phi) is 27.1. The molecule has 0 aromatic heterocycles. The quantitative estimate of drug-likeness (QED) is 0.0680. The van der Waals surface area contributed by atoms with Crippen LogP contribution >= 0.6 is 0 Å². The second-order valence-corrected chi connectivity index (χ2v) is 10.2. The van der Waals surface area contributed by atoms with Crippen molar-refractivity contribution in [3.05, 3.63) is 12.2 Å². The summed E-state index contributed by atoms with van der Waals surface area (Å²) < 4.78 is 10.5. The third-order valence-electron chi connectivity index (χ3n) is 6.56. The van der Waals surface area contributed by atoms with Gasteiger partial charge in [0.1, 0.15) is 6.61 Å². The lowest BCUT2D eigenvalue weighted by Gasteiger charge is -2.15. The summed E-state index contributed by atoms with van der Waals surface area (Å²) in [5.41, 5.74) is 0. The summed E-state index contributed by atoms with van der Waals surface area (Å²) in [4.78, 5) is 23.9. The third kappa shape index (κ3) is 25.7. The zero-order valence-corrected chi connectivity index (χ0v) is 23.8. The topological polar surface area (TPSA) is 72.8 Å². The number of carbonyl (C=O) groups excluding carboxylic acids is 2. The van der Waals surface area contributed by atoms with Crippen LogP contribution in [0.1, 0.15) is 155 Å². The van der Waals surface area contributed by atoms with Crippen molar-refractivity contribution in [2.75, 3.05) is 13.2 Å². The second kappa shape index (κ2) is 28.2. The molecule has 212 valence electrons. The molecule has 0 aromatic rings. The van der Waals surface area contributed by atoms with Gasteiger partial charge >= 0.3 is 11.9 Å². The molecule has 1 atom stereocenters. The first-order valence-corrected chi connectivity index (χ1v) is 15.2. The number of esters is 2. The Hall–Kier alpha value is -1.36. The van der Waals surface area contributed by atoms with E-state index in [9.17, 15) is 14.7 Å². The van der Waals surface area contributed by atoms with Gasteiger partial charge in [-0.15, -0.1) is 0 Å². The Balaban J connectivity index is 3.57. The first-order valence-electron chi connectivity index (χ1n) is 15.2. The molecular weight excluding hydrogens is 452 g/mol. The molecule has 0 amide bonds. The zero-order chi connectivity index (χ0) is 26.5. The van der Waals surface area contributed by atoms with Crippen LogP contribution in [0.3, 0.4) is 0 Å². The van der Waals surface area contributed by atoms with Crippen molar-refractivity contribution in [2.45, 2.75) is 161 Å². The smallest absolute Gasteiger partial charge is 0.306 e. The summed E-state index contributed by atoms with van der Waals surface area (Å²) >= 11 is 0. The van der Waals surface area contributed by atoms with E-state index in [1.165, 1.54) is 83.5 Å². The van der Waals surface area contributed by atoms with E-state index in [0.717, 1.165) is 44.9 Å². The van der Waals surface area contributed by atoms with Crippen LogP contribution in [0.25, 0.3) is 0 Å². The standard InChI is InChI=1S/C31H58O5/c1-3-5-7-9-11-12-13-14-15-16-17-18-20-21-23-25-30(33)35-28-29(27-32)36-31(34)26-24-22-19-10-8-6-4-2/h14-15,29,32H,3-13,16-28H2,1-2H3/b15-14-/t29-/m0/s1. The fourth-order valence-electron chi connectivity index (χ4n) is 4.19. The molecule has 0 saturated carbocycles. The maximum Gasteiger partial charge on any atom is 0.306 e. The van der Waals surface area contributed by atoms with E-state index in [4.69, 9.17) is 9.47 Å². The molecule has 0 radical (unpaired) electrons. The highest BCUT2D eigenvalue weighted by molar-refractivity contribution is 5.70. The van der Waals surface area contributed by atoms with Crippen LogP contribution in [0, 0.1) is 0 Å². The summed E-state index contributed by atoms with van der Waals surface area (Å²) in [5, 5.41) is 9.42. The van der Waals surface area contributed by atoms with E-state index in [1.54, 1.807) is 0 Å². The maximum atomic E-state index is 11.9. The predicted molar refractivity (Wildman–Crippen MR) is 150 cm³/mol. The summed E-state index contributed by atoms with van der Waals surface area (Å²) in [6.07, 6.45) is 28.4. The van der Waals surface area contributed by atoms with Gasteiger partial charge in [-0.05, 0) is 38.5 Å². The van der Waals surface area contributed by atoms with Gasteiger partial charge in [-0.1, -0.05) is 116 Å². The van der Waals surface area contributed by atoms with Gasteiger partial charge < -0.3 is 14.6 Å². The monoisotopic (exact) mass is 510 g/mol. The lowest BCUT2D eigenvalue weighted by molar-refractivity contribution is -0.161. The lowest BCUT2D eigenvalue weighted by Crippen LogP contribution is -2.28. The lowest BCUT2D eigenvalue weighted by atomic mass is 10.1. The van der Waals surface area contributed by atoms with Gasteiger partial charge in [0.15, 0.2) is 6.10 Å². The molecule has 0 aliphatic heterocycles. The van der Waals surface area contributed by atoms with Crippen molar-refractivity contribution in [3.8, 4) is 0 Å². The Morgan fingerprint density at radius 1 is 0.611 bits per heavy atom. The summed E-state index contributed by atoms with van der Waals surface area (Å²) in [6, 6.07) is 0. The maximum absolute atomic E-state index is 11.9. The summed E-state index contributed by atoms with van der Waals surface area (Å²) in [7, 11) is 0. The fourth-order valence-corrected chi connectivity index (χ4v) is 4.19. The molecule has 0 rings (SSSR count). The van der Waals surface area contributed by atoms with Crippen molar-refractivity contribution < 1.29 is 24.2 Å². The van der Waals surface area contributed by atoms with Gasteiger partial charge in [0.25, 0.3) is 0 Å². The van der Waals surface area contributed by atoms with Crippen molar-refractivity contribution in [3.63, 3.8) is 0 Å². The van der Waals surface area contributed by atoms with Crippen LogP contribution in [-0.4, -0.2) is 36.4 Å². The molecule has 36 heavy (non-hydrogen) atoms. The molecule has 5 nitrogen and oxygen atoms in total. The van der Waals surface area contributed by atoms with Crippen molar-refractivity contribution in [2.24, 2.45) is 0 Å². The average Bonchev–Trinajstić information content (AvgIpc) is 2.88. The predicted octanol–water partition coefficient (Wildman–Crippen LogP) is 8.61. The summed E-state index contributed by atoms with van der Waals surface area (Å²) in [5.74, 6) is -0.606. The fraction of sp³-hybridized carbons (Fsp3) is 0.871. The number of aliphatic hydroxyl groups is 1. The minimum absolute atomic E-state index is 0.0663. The largest absolute Gasteiger partial charge is 0.462 e. The van der Waals surface area contributed by atoms with Crippen LogP contribution in [0.15, 0.2) is 12.2 Å². The van der Waals surface area contributed by atoms with Crippen LogP contribution in [-0.2, 0) is 19.1 Å². The Morgan fingerprint density at radius 3 is 1.50 bits per heavy atom. The highest BCUT2D eigenvalue weighted by Crippen LogP contribution is 2.11. The molecule has 0 aliphatic rings. The van der Waals surface area contributed by atoms with Crippen LogP contribution in [0.5, 0.6) is 0 Å². The molecule has 0 heterocycles. The minimum Gasteiger partial charge on any atom is -0.462 e. The van der Waals surface area contributed by atoms with Gasteiger partial charge in [0.05, 0.1) is 6.61 Å². The average molecular weight is 511 g/mol. The number of unbranched alkanes of at least 4 members (excludes halogenated alkanes) is 17. The van der Waals surface area contributed by atoms with E-state index in [1.807, 2.05) is 0 Å². The van der Waals surface area contributed by atoms with E-state index in [0.29, 0.717) is 12.8 Å². The molecule has 1 N–H and O–H groups in total. The normalized spacial score (nSPS) is 12.2. The first kappa shape index (κ1) is 34.6. The molecule has 0 saturated heterocycles. The molecular formula is C31H58O5. The molecule has 5 heteroatoms. The van der Waals surface area contributed by atoms with Crippen molar-refractivity contribution in [1.82, 2.24) is 0 Å². The first-order chi connectivity index (χ1) is 17.6. The number of carbonyl (C=O) groups is 2. The van der Waals surface area contributed by atoms with E-state index in [2.05, 4.69) is 26.0 Å². The number of aliphatic hydroxyl groups excluding tert-OH is 1. The Morgan fingerprint density at radius 2 is 1.03 bits per heavy atom. The van der Waals surface area contributed by atoms with Gasteiger partial charge in [0, 0.05) is 12.8 Å². The van der Waals surface area contributed by atoms with Crippen molar-refractivity contribution >= 4 is 11.9 Å². The minimum atomic E-state index is -0.764. The molecule has 0 unspecified atom stereocenters. The molecule has 0 spiro atoms. The molecule has 0 aromatic carbocycles. The third-order valence-corrected chi connectivity index (χ3v) is 6.56. The van der Waals surface area contributed by atoms with E-state index >= 15 is 0 Å².